The summed E-state index contributed by atoms with van der Waals surface area (Å²) in [6.07, 6.45) is 0. The second-order valence-electron chi connectivity index (χ2n) is 2.71. The Morgan fingerprint density at radius 3 is 2.22 bits per heavy atom. The fraction of sp³-hybridized carbons (Fsp3) is 1.00. The van der Waals surface area contributed by atoms with Crippen LogP contribution in [0.5, 0.6) is 0 Å². The topological polar surface area (TPSA) is 52.5 Å². The Bertz CT molecular complexity index is 101. The Morgan fingerprint density at radius 1 is 1.67 bits per heavy atom. The molecule has 0 spiro atoms. The summed E-state index contributed by atoms with van der Waals surface area (Å²) >= 11 is 0. The Labute approximate surface area is 54.6 Å². The fourth-order valence-corrected chi connectivity index (χ4v) is 0.711. The van der Waals surface area contributed by atoms with Gasteiger partial charge in [-0.25, -0.2) is 0 Å². The molecule has 0 aromatic rings. The first-order chi connectivity index (χ1) is 3.98. The van der Waals surface area contributed by atoms with Crippen LogP contribution in [0.4, 0.5) is 0 Å². The Balaban J connectivity index is 3.71. The van der Waals surface area contributed by atoms with Crippen LogP contribution in [0.25, 0.3) is 0 Å². The molecule has 4 nitrogen and oxygen atoms in total. The number of rotatable bonds is 3. The van der Waals surface area contributed by atoms with Crippen molar-refractivity contribution in [3.63, 3.8) is 0 Å². The first-order valence-electron chi connectivity index (χ1n) is 2.89. The molecule has 1 unspecified atom stereocenters. The van der Waals surface area contributed by atoms with Crippen LogP contribution in [0.15, 0.2) is 5.29 Å². The molecule has 0 amide bonds. The van der Waals surface area contributed by atoms with Crippen LogP contribution in [0, 0.1) is 16.0 Å². The van der Waals surface area contributed by atoms with E-state index in [0.717, 1.165) is 0 Å². The van der Waals surface area contributed by atoms with E-state index in [1.807, 2.05) is 13.8 Å². The van der Waals surface area contributed by atoms with Gasteiger partial charge in [-0.3, -0.25) is 0 Å². The van der Waals surface area contributed by atoms with Crippen LogP contribution in [-0.4, -0.2) is 18.3 Å². The van der Waals surface area contributed by atoms with Crippen LogP contribution in [0.3, 0.4) is 0 Å². The molecule has 0 aliphatic carbocycles. The molecule has 0 saturated heterocycles. The van der Waals surface area contributed by atoms with Crippen molar-refractivity contribution in [3.05, 3.63) is 10.1 Å². The zero-order valence-corrected chi connectivity index (χ0v) is 6.00. The van der Waals surface area contributed by atoms with Crippen LogP contribution in [0.2, 0.25) is 0 Å². The third-order valence-electron chi connectivity index (χ3n) is 0.877. The van der Waals surface area contributed by atoms with Gasteiger partial charge in [0, 0.05) is 5.92 Å². The smallest absolute Gasteiger partial charge is 0.153 e. The van der Waals surface area contributed by atoms with Gasteiger partial charge in [-0.15, -0.1) is 0 Å². The molecule has 4 heteroatoms. The number of quaternary nitrogens is 1. The largest absolute Gasteiger partial charge is 0.602 e. The predicted molar refractivity (Wildman–Crippen MR) is 35.1 cm³/mol. The maximum atomic E-state index is 10.7. The van der Waals surface area contributed by atoms with Crippen molar-refractivity contribution in [2.24, 2.45) is 11.2 Å². The predicted octanol–water partition coefficient (Wildman–Crippen LogP) is 1.27. The van der Waals surface area contributed by atoms with Gasteiger partial charge >= 0.3 is 0 Å². The molecule has 0 fully saturated rings. The maximum absolute atomic E-state index is 10.7. The van der Waals surface area contributed by atoms with Crippen LogP contribution < -0.4 is 0 Å². The SMILES string of the molecule is CC(C)C[N+](C)([O-])N=O. The van der Waals surface area contributed by atoms with Crippen molar-refractivity contribution in [2.75, 3.05) is 13.6 Å². The van der Waals surface area contributed by atoms with Crippen molar-refractivity contribution in [3.8, 4) is 0 Å². The van der Waals surface area contributed by atoms with Gasteiger partial charge in [0.05, 0.1) is 7.05 Å². The monoisotopic (exact) mass is 132 g/mol. The Hall–Kier alpha value is -0.480. The lowest BCUT2D eigenvalue weighted by atomic mass is 10.2. The molecule has 0 aromatic heterocycles. The summed E-state index contributed by atoms with van der Waals surface area (Å²) in [5.74, 6) is 0.213. The van der Waals surface area contributed by atoms with Crippen molar-refractivity contribution in [1.82, 2.24) is 0 Å². The van der Waals surface area contributed by atoms with E-state index >= 15 is 0 Å². The molecular weight excluding hydrogens is 120 g/mol. The molecule has 0 aromatic carbocycles. The summed E-state index contributed by atoms with van der Waals surface area (Å²) in [6, 6.07) is 0. The number of hydroxylamine groups is 2. The van der Waals surface area contributed by atoms with Crippen LogP contribution >= 0.6 is 0 Å². The van der Waals surface area contributed by atoms with Gasteiger partial charge in [0.2, 0.25) is 0 Å². The Kier molecular flexibility index (Phi) is 2.73. The zero-order valence-electron chi connectivity index (χ0n) is 6.00. The third kappa shape index (κ3) is 4.05. The van der Waals surface area contributed by atoms with E-state index in [1.165, 1.54) is 7.05 Å². The Morgan fingerprint density at radius 2 is 2.11 bits per heavy atom. The summed E-state index contributed by atoms with van der Waals surface area (Å²) in [4.78, 5) is 9.77. The summed E-state index contributed by atoms with van der Waals surface area (Å²) in [6.45, 7) is 4.00. The fourth-order valence-electron chi connectivity index (χ4n) is 0.711. The summed E-state index contributed by atoms with van der Waals surface area (Å²) in [5, 5.41) is 13.1. The molecule has 0 aliphatic rings. The minimum atomic E-state index is -1.03. The first-order valence-corrected chi connectivity index (χ1v) is 2.89. The summed E-state index contributed by atoms with van der Waals surface area (Å²) in [5.41, 5.74) is 0. The van der Waals surface area contributed by atoms with Gasteiger partial charge in [-0.05, 0) is 0 Å². The molecule has 0 radical (unpaired) electrons. The van der Waals surface area contributed by atoms with E-state index in [2.05, 4.69) is 5.29 Å². The minimum absolute atomic E-state index is 0.213. The lowest BCUT2D eigenvalue weighted by Crippen LogP contribution is -2.34. The minimum Gasteiger partial charge on any atom is -0.602 e. The van der Waals surface area contributed by atoms with Crippen molar-refractivity contribution < 1.29 is 4.76 Å². The average molecular weight is 132 g/mol. The molecule has 0 rings (SSSR count). The van der Waals surface area contributed by atoms with E-state index in [0.29, 0.717) is 0 Å². The number of hydrogen-bond acceptors (Lipinski definition) is 3. The molecule has 54 valence electrons. The summed E-state index contributed by atoms with van der Waals surface area (Å²) in [7, 11) is 1.24. The molecule has 0 aliphatic heterocycles. The molecule has 0 bridgehead atoms. The van der Waals surface area contributed by atoms with E-state index in [1.54, 1.807) is 0 Å². The number of nitrogens with zero attached hydrogens (tertiary/aromatic N) is 2. The molecular formula is C5H12N2O2. The van der Waals surface area contributed by atoms with Gasteiger partial charge in [-0.2, -0.15) is 4.76 Å². The van der Waals surface area contributed by atoms with Gasteiger partial charge in [0.15, 0.2) is 5.29 Å². The number of hydrogen-bond donors (Lipinski definition) is 0. The van der Waals surface area contributed by atoms with Gasteiger partial charge in [0.1, 0.15) is 6.54 Å². The summed E-state index contributed by atoms with van der Waals surface area (Å²) < 4.78 is -1.03. The molecule has 0 saturated carbocycles. The van der Waals surface area contributed by atoms with Crippen LogP contribution in [0.1, 0.15) is 13.8 Å². The average Bonchev–Trinajstić information content (AvgIpc) is 1.63. The molecule has 0 N–H and O–H groups in total. The van der Waals surface area contributed by atoms with E-state index < -0.39 is 4.76 Å². The van der Waals surface area contributed by atoms with Crippen LogP contribution in [-0.2, 0) is 0 Å². The van der Waals surface area contributed by atoms with Crippen molar-refractivity contribution in [2.45, 2.75) is 13.8 Å². The van der Waals surface area contributed by atoms with Crippen molar-refractivity contribution in [1.29, 1.82) is 0 Å². The third-order valence-corrected chi connectivity index (χ3v) is 0.877. The molecule has 1 atom stereocenters. The van der Waals surface area contributed by atoms with Gasteiger partial charge in [-0.1, -0.05) is 18.8 Å². The van der Waals surface area contributed by atoms with E-state index in [9.17, 15) is 10.1 Å². The highest BCUT2D eigenvalue weighted by Crippen LogP contribution is 2.04. The van der Waals surface area contributed by atoms with Gasteiger partial charge < -0.3 is 5.21 Å². The number of nitroso groups, excluding NO2 is 1. The van der Waals surface area contributed by atoms with E-state index in [4.69, 9.17) is 0 Å². The van der Waals surface area contributed by atoms with E-state index in [-0.39, 0.29) is 12.5 Å². The highest BCUT2D eigenvalue weighted by molar-refractivity contribution is 4.40. The zero-order chi connectivity index (χ0) is 7.49. The lowest BCUT2D eigenvalue weighted by molar-refractivity contribution is -0.872. The highest BCUT2D eigenvalue weighted by atomic mass is 16.6. The van der Waals surface area contributed by atoms with Gasteiger partial charge in [0.25, 0.3) is 0 Å². The molecule has 9 heavy (non-hydrogen) atoms. The van der Waals surface area contributed by atoms with Crippen molar-refractivity contribution >= 4 is 0 Å². The second-order valence-corrected chi connectivity index (χ2v) is 2.71. The lowest BCUT2D eigenvalue weighted by Gasteiger charge is -2.27. The molecule has 0 heterocycles. The second kappa shape index (κ2) is 2.89. The highest BCUT2D eigenvalue weighted by Gasteiger charge is 2.11. The quantitative estimate of drug-likeness (QED) is 0.330. The maximum Gasteiger partial charge on any atom is 0.153 e. The standard InChI is InChI=1S/C5H12N2O2/c1-5(2)4-7(3,9)6-8/h5H,4H2,1-3H3. The first kappa shape index (κ1) is 8.52. The normalized spacial score (nSPS) is 17.4.